The Morgan fingerprint density at radius 1 is 1.56 bits per heavy atom. The molecule has 0 aliphatic carbocycles. The van der Waals surface area contributed by atoms with Crippen molar-refractivity contribution >= 4 is 12.2 Å². The van der Waals surface area contributed by atoms with Crippen molar-refractivity contribution in [3.8, 4) is 0 Å². The van der Waals surface area contributed by atoms with Crippen LogP contribution in [0.25, 0.3) is 0 Å². The molecule has 0 saturated heterocycles. The fourth-order valence-corrected chi connectivity index (χ4v) is 1.69. The second-order valence-electron chi connectivity index (χ2n) is 3.54. The first-order valence-electron chi connectivity index (χ1n) is 4.79. The number of aromatic nitrogens is 3. The molecule has 0 radical (unpaired) electrons. The highest BCUT2D eigenvalue weighted by molar-refractivity contribution is 7.71. The van der Waals surface area contributed by atoms with Crippen LogP contribution in [0.3, 0.4) is 0 Å². The average Bonchev–Trinajstić information content (AvgIpc) is 2.53. The molecular weight excluding hydrogens is 226 g/mol. The number of aromatic amines is 1. The van der Waals surface area contributed by atoms with Crippen LogP contribution in [0, 0.1) is 18.6 Å². The van der Waals surface area contributed by atoms with Crippen LogP contribution in [0.4, 0.5) is 0 Å². The molecule has 0 unspecified atom stereocenters. The monoisotopic (exact) mass is 237 g/mol. The maximum Gasteiger partial charge on any atom is 0.251 e. The highest BCUT2D eigenvalue weighted by Gasteiger charge is 2.09. The van der Waals surface area contributed by atoms with Gasteiger partial charge in [0.15, 0.2) is 4.77 Å². The van der Waals surface area contributed by atoms with Crippen molar-refractivity contribution in [2.45, 2.75) is 20.4 Å². The van der Waals surface area contributed by atoms with Crippen LogP contribution in [0.5, 0.6) is 0 Å². The first-order chi connectivity index (χ1) is 7.58. The number of hydrogen-bond acceptors (Lipinski definition) is 4. The molecule has 0 fully saturated rings. The fraction of sp³-hybridized carbons (Fsp3) is 0.300. The molecule has 5 nitrogen and oxygen atoms in total. The molecule has 0 amide bonds. The zero-order valence-electron chi connectivity index (χ0n) is 8.98. The summed E-state index contributed by atoms with van der Waals surface area (Å²) in [6, 6.07) is 1.44. The van der Waals surface area contributed by atoms with E-state index >= 15 is 0 Å². The Kier molecular flexibility index (Phi) is 2.74. The largest absolute Gasteiger partial charge is 0.361 e. The van der Waals surface area contributed by atoms with Gasteiger partial charge in [-0.05, 0) is 26.1 Å². The maximum atomic E-state index is 11.0. The molecule has 6 heteroatoms. The van der Waals surface area contributed by atoms with E-state index in [1.165, 1.54) is 6.07 Å². The lowest BCUT2D eigenvalue weighted by Gasteiger charge is -2.04. The number of rotatable bonds is 2. The summed E-state index contributed by atoms with van der Waals surface area (Å²) in [5, 5.41) is 3.87. The molecule has 84 valence electrons. The van der Waals surface area contributed by atoms with Crippen molar-refractivity contribution in [1.82, 2.24) is 14.7 Å². The van der Waals surface area contributed by atoms with Crippen molar-refractivity contribution in [3.05, 3.63) is 44.4 Å². The van der Waals surface area contributed by atoms with Crippen LogP contribution in [0.1, 0.15) is 17.0 Å². The van der Waals surface area contributed by atoms with E-state index in [0.29, 0.717) is 11.3 Å². The lowest BCUT2D eigenvalue weighted by molar-refractivity contribution is 0.392. The van der Waals surface area contributed by atoms with Crippen LogP contribution < -0.4 is 5.56 Å². The minimum Gasteiger partial charge on any atom is -0.361 e. The summed E-state index contributed by atoms with van der Waals surface area (Å²) < 4.78 is 7.22. The van der Waals surface area contributed by atoms with Gasteiger partial charge in [0, 0.05) is 17.8 Å². The molecule has 0 saturated carbocycles. The van der Waals surface area contributed by atoms with E-state index < -0.39 is 0 Å². The van der Waals surface area contributed by atoms with Crippen LogP contribution in [0.15, 0.2) is 21.6 Å². The van der Waals surface area contributed by atoms with Gasteiger partial charge < -0.3 is 9.09 Å². The number of hydrogen-bond donors (Lipinski definition) is 1. The Bertz CT molecular complexity index is 604. The molecule has 2 aromatic heterocycles. The normalized spacial score (nSPS) is 10.6. The molecule has 0 spiro atoms. The second-order valence-corrected chi connectivity index (χ2v) is 3.93. The number of nitrogens with one attached hydrogen (secondary N) is 1. The Labute approximate surface area is 96.7 Å². The minimum absolute atomic E-state index is 0.194. The highest BCUT2D eigenvalue weighted by Crippen LogP contribution is 2.13. The molecule has 2 rings (SSSR count). The minimum atomic E-state index is -0.194. The zero-order chi connectivity index (χ0) is 11.7. The van der Waals surface area contributed by atoms with Gasteiger partial charge in [0.05, 0.1) is 12.2 Å². The van der Waals surface area contributed by atoms with Gasteiger partial charge in [-0.15, -0.1) is 0 Å². The van der Waals surface area contributed by atoms with Gasteiger partial charge in [-0.1, -0.05) is 5.16 Å². The van der Waals surface area contributed by atoms with Crippen molar-refractivity contribution in [1.29, 1.82) is 0 Å². The van der Waals surface area contributed by atoms with E-state index in [2.05, 4.69) is 10.1 Å². The summed E-state index contributed by atoms with van der Waals surface area (Å²) in [6.07, 6.45) is 1.66. The summed E-state index contributed by atoms with van der Waals surface area (Å²) in [5.74, 6) is 0.769. The van der Waals surface area contributed by atoms with E-state index in [0.717, 1.165) is 17.0 Å². The molecule has 1 N–H and O–H groups in total. The van der Waals surface area contributed by atoms with E-state index in [4.69, 9.17) is 16.7 Å². The van der Waals surface area contributed by atoms with Crippen LogP contribution >= 0.6 is 12.2 Å². The van der Waals surface area contributed by atoms with E-state index in [-0.39, 0.29) is 5.56 Å². The summed E-state index contributed by atoms with van der Waals surface area (Å²) in [4.78, 5) is 13.6. The fourth-order valence-electron chi connectivity index (χ4n) is 1.47. The van der Waals surface area contributed by atoms with Crippen LogP contribution in [-0.4, -0.2) is 14.7 Å². The van der Waals surface area contributed by atoms with Gasteiger partial charge in [0.25, 0.3) is 5.56 Å². The third-order valence-corrected chi connectivity index (χ3v) is 2.74. The lowest BCUT2D eigenvalue weighted by Crippen LogP contribution is -2.12. The summed E-state index contributed by atoms with van der Waals surface area (Å²) in [7, 11) is 0. The SMILES string of the molecule is Cc1noc(C)c1Cn1ccc(=O)[nH]c1=S. The van der Waals surface area contributed by atoms with Crippen molar-refractivity contribution in [3.63, 3.8) is 0 Å². The Hall–Kier alpha value is -1.69. The van der Waals surface area contributed by atoms with Crippen molar-refractivity contribution in [2.24, 2.45) is 0 Å². The maximum absolute atomic E-state index is 11.0. The molecule has 2 heterocycles. The number of H-pyrrole nitrogens is 1. The highest BCUT2D eigenvalue weighted by atomic mass is 32.1. The first-order valence-corrected chi connectivity index (χ1v) is 5.20. The quantitative estimate of drug-likeness (QED) is 0.805. The van der Waals surface area contributed by atoms with Gasteiger partial charge in [0.2, 0.25) is 0 Å². The Balaban J connectivity index is 2.42. The predicted molar refractivity (Wildman–Crippen MR) is 61.0 cm³/mol. The first kappa shape index (κ1) is 10.8. The van der Waals surface area contributed by atoms with Gasteiger partial charge in [0.1, 0.15) is 5.76 Å². The van der Waals surface area contributed by atoms with Gasteiger partial charge in [-0.25, -0.2) is 0 Å². The molecular formula is C10H11N3O2S. The lowest BCUT2D eigenvalue weighted by atomic mass is 10.2. The van der Waals surface area contributed by atoms with Crippen molar-refractivity contribution < 1.29 is 4.52 Å². The van der Waals surface area contributed by atoms with Crippen LogP contribution in [-0.2, 0) is 6.54 Å². The third-order valence-electron chi connectivity index (χ3n) is 2.41. The summed E-state index contributed by atoms with van der Waals surface area (Å²) in [6.45, 7) is 4.28. The van der Waals surface area contributed by atoms with Crippen LogP contribution in [0.2, 0.25) is 0 Å². The second kappa shape index (κ2) is 4.05. The molecule has 0 atom stereocenters. The average molecular weight is 237 g/mol. The summed E-state index contributed by atoms with van der Waals surface area (Å²) in [5.41, 5.74) is 1.63. The van der Waals surface area contributed by atoms with E-state index in [1.54, 1.807) is 10.8 Å². The molecule has 0 bridgehead atoms. The Morgan fingerprint density at radius 3 is 2.88 bits per heavy atom. The predicted octanol–water partition coefficient (Wildman–Crippen LogP) is 1.56. The van der Waals surface area contributed by atoms with E-state index in [9.17, 15) is 4.79 Å². The third kappa shape index (κ3) is 1.96. The summed E-state index contributed by atoms with van der Waals surface area (Å²) >= 11 is 5.06. The van der Waals surface area contributed by atoms with Crippen molar-refractivity contribution in [2.75, 3.05) is 0 Å². The van der Waals surface area contributed by atoms with E-state index in [1.807, 2.05) is 13.8 Å². The molecule has 16 heavy (non-hydrogen) atoms. The topological polar surface area (TPSA) is 63.8 Å². The standard InChI is InChI=1S/C10H11N3O2S/c1-6-8(7(2)15-12-6)5-13-4-3-9(14)11-10(13)16/h3-4H,5H2,1-2H3,(H,11,14,16). The molecule has 0 aromatic carbocycles. The van der Waals surface area contributed by atoms with Gasteiger partial charge in [-0.3, -0.25) is 9.78 Å². The molecule has 0 aliphatic rings. The number of nitrogens with zero attached hydrogens (tertiary/aromatic N) is 2. The van der Waals surface area contributed by atoms with Gasteiger partial charge >= 0.3 is 0 Å². The van der Waals surface area contributed by atoms with Gasteiger partial charge in [-0.2, -0.15) is 0 Å². The zero-order valence-corrected chi connectivity index (χ0v) is 9.80. The number of aryl methyl sites for hydroxylation is 2. The smallest absolute Gasteiger partial charge is 0.251 e. The molecule has 2 aromatic rings. The Morgan fingerprint density at radius 2 is 2.31 bits per heavy atom. The molecule has 0 aliphatic heterocycles.